The standard InChI is InChI=1S/C15H17ClN4O2S/c16-14-11(20-9-10-23-15(20)18-14)4-5-12(21)17-6-2-8-19-7-1-3-13(19)22/h4-5,9-10H,1-3,6-8H2,(H,17,21)/b5-4+. The molecule has 0 aliphatic carbocycles. The average molecular weight is 353 g/mol. The minimum Gasteiger partial charge on any atom is -0.352 e. The lowest BCUT2D eigenvalue weighted by molar-refractivity contribution is -0.127. The molecular formula is C15H17ClN4O2S. The number of rotatable bonds is 6. The van der Waals surface area contributed by atoms with E-state index in [2.05, 4.69) is 10.3 Å². The summed E-state index contributed by atoms with van der Waals surface area (Å²) >= 11 is 7.55. The van der Waals surface area contributed by atoms with E-state index in [1.54, 1.807) is 6.08 Å². The summed E-state index contributed by atoms with van der Waals surface area (Å²) in [7, 11) is 0. The molecule has 0 radical (unpaired) electrons. The largest absolute Gasteiger partial charge is 0.352 e. The maximum atomic E-state index is 11.8. The van der Waals surface area contributed by atoms with Gasteiger partial charge in [0, 0.05) is 43.7 Å². The van der Waals surface area contributed by atoms with E-state index in [0.29, 0.717) is 30.4 Å². The molecule has 3 rings (SSSR count). The van der Waals surface area contributed by atoms with Gasteiger partial charge < -0.3 is 10.2 Å². The second kappa shape index (κ2) is 7.14. The summed E-state index contributed by atoms with van der Waals surface area (Å²) in [5.74, 6) is 0.0328. The van der Waals surface area contributed by atoms with Crippen LogP contribution < -0.4 is 5.32 Å². The molecule has 1 N–H and O–H groups in total. The van der Waals surface area contributed by atoms with Gasteiger partial charge in [-0.05, 0) is 18.9 Å². The van der Waals surface area contributed by atoms with Gasteiger partial charge in [-0.3, -0.25) is 14.0 Å². The highest BCUT2D eigenvalue weighted by atomic mass is 35.5. The van der Waals surface area contributed by atoms with Crippen molar-refractivity contribution in [2.45, 2.75) is 19.3 Å². The molecule has 0 saturated carbocycles. The summed E-state index contributed by atoms with van der Waals surface area (Å²) in [5, 5.41) is 5.11. The highest BCUT2D eigenvalue weighted by Gasteiger charge is 2.18. The van der Waals surface area contributed by atoms with Crippen LogP contribution in [-0.4, -0.2) is 45.7 Å². The van der Waals surface area contributed by atoms with Crippen LogP contribution in [0.1, 0.15) is 25.0 Å². The minimum atomic E-state index is -0.181. The van der Waals surface area contributed by atoms with Gasteiger partial charge in [0.2, 0.25) is 11.8 Å². The van der Waals surface area contributed by atoms with Gasteiger partial charge >= 0.3 is 0 Å². The minimum absolute atomic E-state index is 0.181. The van der Waals surface area contributed by atoms with Crippen molar-refractivity contribution in [1.82, 2.24) is 19.6 Å². The van der Waals surface area contributed by atoms with Crippen LogP contribution in [0, 0.1) is 0 Å². The molecule has 2 aromatic heterocycles. The van der Waals surface area contributed by atoms with Gasteiger partial charge in [0.15, 0.2) is 10.1 Å². The van der Waals surface area contributed by atoms with Crippen molar-refractivity contribution in [1.29, 1.82) is 0 Å². The fourth-order valence-electron chi connectivity index (χ4n) is 2.56. The first-order valence-electron chi connectivity index (χ1n) is 7.50. The summed E-state index contributed by atoms with van der Waals surface area (Å²) < 4.78 is 1.84. The molecule has 0 bridgehead atoms. The second-order valence-corrected chi connectivity index (χ2v) is 6.54. The molecule has 3 heterocycles. The first-order valence-corrected chi connectivity index (χ1v) is 8.75. The lowest BCUT2D eigenvalue weighted by Crippen LogP contribution is -2.29. The predicted octanol–water partition coefficient (Wildman–Crippen LogP) is 2.19. The predicted molar refractivity (Wildman–Crippen MR) is 90.6 cm³/mol. The van der Waals surface area contributed by atoms with E-state index in [-0.39, 0.29) is 11.8 Å². The van der Waals surface area contributed by atoms with Gasteiger partial charge in [0.25, 0.3) is 0 Å². The molecule has 122 valence electrons. The van der Waals surface area contributed by atoms with Crippen LogP contribution >= 0.6 is 22.9 Å². The van der Waals surface area contributed by atoms with Gasteiger partial charge in [-0.15, -0.1) is 11.3 Å². The van der Waals surface area contributed by atoms with E-state index >= 15 is 0 Å². The molecule has 6 nitrogen and oxygen atoms in total. The molecule has 23 heavy (non-hydrogen) atoms. The van der Waals surface area contributed by atoms with Crippen molar-refractivity contribution >= 4 is 45.8 Å². The van der Waals surface area contributed by atoms with Crippen molar-refractivity contribution in [3.63, 3.8) is 0 Å². The number of aromatic nitrogens is 2. The fraction of sp³-hybridized carbons (Fsp3) is 0.400. The zero-order chi connectivity index (χ0) is 16.2. The molecule has 8 heteroatoms. The number of nitrogens with one attached hydrogen (secondary N) is 1. The molecule has 2 aromatic rings. The smallest absolute Gasteiger partial charge is 0.244 e. The van der Waals surface area contributed by atoms with Crippen molar-refractivity contribution in [3.05, 3.63) is 28.5 Å². The molecule has 0 atom stereocenters. The van der Waals surface area contributed by atoms with Crippen LogP contribution in [0.25, 0.3) is 11.0 Å². The van der Waals surface area contributed by atoms with Crippen molar-refractivity contribution in [2.24, 2.45) is 0 Å². The number of hydrogen-bond donors (Lipinski definition) is 1. The van der Waals surface area contributed by atoms with Gasteiger partial charge in [-0.25, -0.2) is 4.98 Å². The van der Waals surface area contributed by atoms with Gasteiger partial charge in [0.05, 0.1) is 5.69 Å². The fourth-order valence-corrected chi connectivity index (χ4v) is 3.57. The molecule has 2 amide bonds. The highest BCUT2D eigenvalue weighted by molar-refractivity contribution is 7.15. The highest BCUT2D eigenvalue weighted by Crippen LogP contribution is 2.22. The van der Waals surface area contributed by atoms with E-state index in [1.165, 1.54) is 17.4 Å². The van der Waals surface area contributed by atoms with Crippen LogP contribution in [-0.2, 0) is 9.59 Å². The summed E-state index contributed by atoms with van der Waals surface area (Å²) in [6.07, 6.45) is 7.33. The number of likely N-dealkylation sites (tertiary alicyclic amines) is 1. The number of imidazole rings is 1. The van der Waals surface area contributed by atoms with Crippen molar-refractivity contribution in [2.75, 3.05) is 19.6 Å². The molecule has 1 aliphatic heterocycles. The zero-order valence-corrected chi connectivity index (χ0v) is 14.1. The summed E-state index contributed by atoms with van der Waals surface area (Å²) in [6, 6.07) is 0. The number of halogens is 1. The van der Waals surface area contributed by atoms with E-state index in [4.69, 9.17) is 11.6 Å². The molecule has 0 aromatic carbocycles. The first-order chi connectivity index (χ1) is 11.1. The van der Waals surface area contributed by atoms with Crippen LogP contribution in [0.15, 0.2) is 17.7 Å². The number of hydrogen-bond acceptors (Lipinski definition) is 4. The molecular weight excluding hydrogens is 336 g/mol. The Morgan fingerprint density at radius 2 is 2.39 bits per heavy atom. The maximum absolute atomic E-state index is 11.8. The maximum Gasteiger partial charge on any atom is 0.244 e. The van der Waals surface area contributed by atoms with Crippen LogP contribution in [0.3, 0.4) is 0 Å². The molecule has 1 saturated heterocycles. The van der Waals surface area contributed by atoms with E-state index in [0.717, 1.165) is 24.3 Å². The average Bonchev–Trinajstić information content (AvgIpc) is 3.19. The number of carbonyl (C=O) groups excluding carboxylic acids is 2. The Hall–Kier alpha value is -1.86. The second-order valence-electron chi connectivity index (χ2n) is 5.31. The molecule has 1 fully saturated rings. The van der Waals surface area contributed by atoms with E-state index in [9.17, 15) is 9.59 Å². The number of amides is 2. The summed E-state index contributed by atoms with van der Waals surface area (Å²) in [6.45, 7) is 2.08. The van der Waals surface area contributed by atoms with Crippen LogP contribution in [0.2, 0.25) is 5.15 Å². The van der Waals surface area contributed by atoms with E-state index < -0.39 is 0 Å². The Morgan fingerprint density at radius 1 is 1.52 bits per heavy atom. The van der Waals surface area contributed by atoms with Gasteiger partial charge in [-0.2, -0.15) is 0 Å². The first kappa shape index (κ1) is 16.0. The quantitative estimate of drug-likeness (QED) is 0.640. The zero-order valence-electron chi connectivity index (χ0n) is 12.5. The Balaban J connectivity index is 1.46. The monoisotopic (exact) mass is 352 g/mol. The van der Waals surface area contributed by atoms with Crippen LogP contribution in [0.5, 0.6) is 0 Å². The third-order valence-electron chi connectivity index (χ3n) is 3.72. The SMILES string of the molecule is O=C(/C=C/c1c(Cl)nc2sccn12)NCCCN1CCCC1=O. The number of nitrogens with zero attached hydrogens (tertiary/aromatic N) is 3. The molecule has 0 unspecified atom stereocenters. The van der Waals surface area contributed by atoms with Crippen LogP contribution in [0.4, 0.5) is 0 Å². The number of thiazole rings is 1. The Morgan fingerprint density at radius 3 is 3.17 bits per heavy atom. The van der Waals surface area contributed by atoms with Gasteiger partial charge in [0.1, 0.15) is 0 Å². The lowest BCUT2D eigenvalue weighted by atomic mass is 10.3. The molecule has 1 aliphatic rings. The van der Waals surface area contributed by atoms with E-state index in [1.807, 2.05) is 20.9 Å². The lowest BCUT2D eigenvalue weighted by Gasteiger charge is -2.14. The Kier molecular flexibility index (Phi) is 4.97. The number of fused-ring (bicyclic) bond motifs is 1. The summed E-state index contributed by atoms with van der Waals surface area (Å²) in [4.78, 5) is 30.1. The normalized spacial score (nSPS) is 15.2. The van der Waals surface area contributed by atoms with Gasteiger partial charge in [-0.1, -0.05) is 11.6 Å². The third kappa shape index (κ3) is 3.73. The molecule has 0 spiro atoms. The van der Waals surface area contributed by atoms with Crippen molar-refractivity contribution in [3.8, 4) is 0 Å². The summed E-state index contributed by atoms with van der Waals surface area (Å²) in [5.41, 5.74) is 0.695. The van der Waals surface area contributed by atoms with Crippen molar-refractivity contribution < 1.29 is 9.59 Å². The third-order valence-corrected chi connectivity index (χ3v) is 4.76. The Bertz CT molecular complexity index is 752. The topological polar surface area (TPSA) is 66.7 Å². The Labute approximate surface area is 142 Å². The number of carbonyl (C=O) groups is 2.